The molecule has 0 N–H and O–H groups in total. The monoisotopic (exact) mass is 678 g/mol. The lowest BCUT2D eigenvalue weighted by Gasteiger charge is -2.30. The van der Waals surface area contributed by atoms with Crippen molar-refractivity contribution in [3.05, 3.63) is 0 Å². The highest BCUT2D eigenvalue weighted by Gasteiger charge is 2.42. The molecule has 0 spiro atoms. The summed E-state index contributed by atoms with van der Waals surface area (Å²) in [6.07, 6.45) is 11.3. The number of amides is 4. The van der Waals surface area contributed by atoms with Crippen LogP contribution in [0.4, 0.5) is 0 Å². The van der Waals surface area contributed by atoms with E-state index >= 15 is 0 Å². The molecule has 1 unspecified atom stereocenters. The van der Waals surface area contributed by atoms with Gasteiger partial charge in [0.05, 0.1) is 11.2 Å². The van der Waals surface area contributed by atoms with E-state index in [0.717, 1.165) is 55.9 Å². The van der Waals surface area contributed by atoms with E-state index < -0.39 is 17.8 Å². The van der Waals surface area contributed by atoms with Gasteiger partial charge in [-0.1, -0.05) is 0 Å². The van der Waals surface area contributed by atoms with Crippen molar-refractivity contribution in [3.63, 3.8) is 0 Å². The Labute approximate surface area is 282 Å². The number of hydrogen-bond acceptors (Lipinski definition) is 10. The Morgan fingerprint density at radius 2 is 1.17 bits per heavy atom. The molecule has 256 valence electrons. The molecular formula is C34H50N2O8S2. The van der Waals surface area contributed by atoms with Crippen LogP contribution in [0.25, 0.3) is 0 Å². The molecule has 3 saturated carbocycles. The normalized spacial score (nSPS) is 31.8. The fourth-order valence-electron chi connectivity index (χ4n) is 7.38. The maximum absolute atomic E-state index is 12.9. The Hall–Kier alpha value is -2.21. The number of ketones is 2. The lowest BCUT2D eigenvalue weighted by atomic mass is 9.81. The Morgan fingerprint density at radius 1 is 0.696 bits per heavy atom. The summed E-state index contributed by atoms with van der Waals surface area (Å²) in [6.45, 7) is 3.75. The number of carbonyl (C=O) groups excluding carboxylic acids is 7. The molecule has 0 radical (unpaired) electrons. The van der Waals surface area contributed by atoms with Crippen LogP contribution in [0.3, 0.4) is 0 Å². The predicted octanol–water partition coefficient (Wildman–Crippen LogP) is 4.97. The Morgan fingerprint density at radius 3 is 1.67 bits per heavy atom. The number of imide groups is 2. The molecular weight excluding hydrogens is 629 g/mol. The van der Waals surface area contributed by atoms with Gasteiger partial charge in [-0.25, -0.2) is 4.79 Å². The first-order chi connectivity index (χ1) is 22.0. The van der Waals surface area contributed by atoms with Crippen molar-refractivity contribution in [2.24, 2.45) is 35.5 Å². The van der Waals surface area contributed by atoms with Crippen LogP contribution >= 0.6 is 24.4 Å². The first-order valence-electron chi connectivity index (χ1n) is 17.1. The minimum absolute atomic E-state index is 0.0665. The lowest BCUT2D eigenvalue weighted by molar-refractivity contribution is -0.201. The molecule has 12 heteroatoms. The van der Waals surface area contributed by atoms with Crippen LogP contribution in [0, 0.1) is 35.5 Å². The van der Waals surface area contributed by atoms with Crippen molar-refractivity contribution < 1.29 is 38.4 Å². The van der Waals surface area contributed by atoms with Gasteiger partial charge in [-0.05, 0) is 120 Å². The number of nitrogens with zero attached hydrogens (tertiary/aromatic N) is 2. The van der Waals surface area contributed by atoms with E-state index in [2.05, 4.69) is 12.6 Å². The molecule has 1 atom stereocenters. The molecule has 2 saturated heterocycles. The molecule has 2 heterocycles. The molecule has 2 aliphatic heterocycles. The molecule has 5 fully saturated rings. The minimum atomic E-state index is -0.561. The number of rotatable bonds is 10. The van der Waals surface area contributed by atoms with Crippen LogP contribution in [0.5, 0.6) is 0 Å². The second-order valence-corrected chi connectivity index (χ2v) is 15.5. The number of hydrogen-bond donors (Lipinski definition) is 1. The molecule has 0 bridgehead atoms. The summed E-state index contributed by atoms with van der Waals surface area (Å²) in [5.41, 5.74) is 0. The van der Waals surface area contributed by atoms with Crippen LogP contribution in [-0.4, -0.2) is 74.4 Å². The smallest absolute Gasteiger partial charge is 0.330 e. The van der Waals surface area contributed by atoms with Crippen LogP contribution in [0.15, 0.2) is 0 Å². The van der Waals surface area contributed by atoms with Gasteiger partial charge in [0.25, 0.3) is 11.8 Å². The molecule has 46 heavy (non-hydrogen) atoms. The first-order valence-corrected chi connectivity index (χ1v) is 18.8. The van der Waals surface area contributed by atoms with Crippen LogP contribution in [0.1, 0.15) is 110 Å². The van der Waals surface area contributed by atoms with Gasteiger partial charge in [0.15, 0.2) is 0 Å². The van der Waals surface area contributed by atoms with Gasteiger partial charge in [-0.2, -0.15) is 12.6 Å². The van der Waals surface area contributed by atoms with E-state index in [1.165, 1.54) is 17.7 Å². The van der Waals surface area contributed by atoms with E-state index in [0.29, 0.717) is 54.9 Å². The maximum atomic E-state index is 12.9. The van der Waals surface area contributed by atoms with Gasteiger partial charge in [0.1, 0.15) is 11.6 Å². The highest BCUT2D eigenvalue weighted by atomic mass is 32.2. The molecule has 5 aliphatic rings. The van der Waals surface area contributed by atoms with Gasteiger partial charge in [0, 0.05) is 37.6 Å². The standard InChI is InChI=1S/C25H34N2O7S.C9H16OS/c1-15(28)18-6-4-17(5-7-18)14-35-20-12-23(31)26(24(20)32)13-16-2-8-19(9-3-16)25(33)34-27-21(29)10-11-22(27)30;1-7(10)9-4-2-8(6-11)3-5-9/h16-20H,2-14H2,1H3;8-9,11H,2-6H2,1H3. The quantitative estimate of drug-likeness (QED) is 0.251. The SMILES string of the molecule is CC(=O)C1CCC(CS)CC1.CC(=O)C1CCC(CSC2CC(=O)N(CC3CCC(C(=O)ON4C(=O)CCC4=O)CC3)C2=O)CC1. The Balaban J connectivity index is 0.000000369. The zero-order chi connectivity index (χ0) is 33.4. The van der Waals surface area contributed by atoms with E-state index in [1.807, 2.05) is 0 Å². The average molecular weight is 679 g/mol. The Bertz CT molecular complexity index is 1140. The molecule has 0 aromatic rings. The molecule has 0 aromatic heterocycles. The van der Waals surface area contributed by atoms with Crippen molar-refractivity contribution in [1.82, 2.24) is 9.96 Å². The zero-order valence-corrected chi connectivity index (χ0v) is 29.0. The van der Waals surface area contributed by atoms with Crippen LogP contribution in [-0.2, 0) is 38.4 Å². The highest BCUT2D eigenvalue weighted by Crippen LogP contribution is 2.36. The molecule has 5 rings (SSSR count). The Kier molecular flexibility index (Phi) is 13.7. The third kappa shape index (κ3) is 9.90. The van der Waals surface area contributed by atoms with Gasteiger partial charge >= 0.3 is 5.97 Å². The topological polar surface area (TPSA) is 135 Å². The van der Waals surface area contributed by atoms with Crippen LogP contribution in [0.2, 0.25) is 0 Å². The molecule has 0 aromatic carbocycles. The van der Waals surface area contributed by atoms with E-state index in [4.69, 9.17) is 4.84 Å². The fraction of sp³-hybridized carbons (Fsp3) is 0.794. The number of Topliss-reactive ketones (excluding diaryl/α,β-unsaturated/α-hetero) is 2. The van der Waals surface area contributed by atoms with E-state index in [9.17, 15) is 33.6 Å². The number of hydroxylamine groups is 2. The second kappa shape index (κ2) is 17.3. The number of thiol groups is 1. The summed E-state index contributed by atoms with van der Waals surface area (Å²) in [5, 5.41) is 0.262. The van der Waals surface area contributed by atoms with Gasteiger partial charge in [-0.15, -0.1) is 16.8 Å². The third-order valence-electron chi connectivity index (χ3n) is 10.6. The van der Waals surface area contributed by atoms with Gasteiger partial charge in [0.2, 0.25) is 11.8 Å². The summed E-state index contributed by atoms with van der Waals surface area (Å²) >= 11 is 5.84. The number of likely N-dealkylation sites (tertiary alicyclic amines) is 1. The molecule has 4 amide bonds. The summed E-state index contributed by atoms with van der Waals surface area (Å²) in [4.78, 5) is 90.2. The zero-order valence-electron chi connectivity index (χ0n) is 27.3. The molecule has 3 aliphatic carbocycles. The number of carbonyl (C=O) groups is 7. The lowest BCUT2D eigenvalue weighted by Crippen LogP contribution is -2.39. The summed E-state index contributed by atoms with van der Waals surface area (Å²) in [5.74, 6) is 2.28. The minimum Gasteiger partial charge on any atom is -0.330 e. The van der Waals surface area contributed by atoms with Gasteiger partial charge < -0.3 is 4.84 Å². The van der Waals surface area contributed by atoms with Crippen LogP contribution < -0.4 is 0 Å². The average Bonchev–Trinajstić information content (AvgIpc) is 3.51. The largest absolute Gasteiger partial charge is 0.336 e. The summed E-state index contributed by atoms with van der Waals surface area (Å²) in [6, 6.07) is 0. The number of thioether (sulfide) groups is 1. The van der Waals surface area contributed by atoms with Crippen molar-refractivity contribution in [1.29, 1.82) is 0 Å². The maximum Gasteiger partial charge on any atom is 0.336 e. The fourth-order valence-corrected chi connectivity index (χ4v) is 9.11. The highest BCUT2D eigenvalue weighted by molar-refractivity contribution is 8.00. The second-order valence-electron chi connectivity index (χ2n) is 13.9. The van der Waals surface area contributed by atoms with Crippen molar-refractivity contribution >= 4 is 65.6 Å². The molecule has 10 nitrogen and oxygen atoms in total. The van der Waals surface area contributed by atoms with E-state index in [-0.39, 0.29) is 59.9 Å². The third-order valence-corrected chi connectivity index (χ3v) is 12.6. The predicted molar refractivity (Wildman–Crippen MR) is 176 cm³/mol. The van der Waals surface area contributed by atoms with E-state index in [1.54, 1.807) is 25.6 Å². The van der Waals surface area contributed by atoms with Crippen molar-refractivity contribution in [2.45, 2.75) is 115 Å². The van der Waals surface area contributed by atoms with Gasteiger partial charge in [-0.3, -0.25) is 33.7 Å². The van der Waals surface area contributed by atoms with Crippen molar-refractivity contribution in [3.8, 4) is 0 Å². The summed E-state index contributed by atoms with van der Waals surface area (Å²) < 4.78 is 0. The summed E-state index contributed by atoms with van der Waals surface area (Å²) in [7, 11) is 0. The first kappa shape index (κ1) is 36.6. The van der Waals surface area contributed by atoms with Crippen molar-refractivity contribution in [2.75, 3.05) is 18.1 Å².